The van der Waals surface area contributed by atoms with Crippen LogP contribution >= 0.6 is 0 Å². The van der Waals surface area contributed by atoms with Crippen LogP contribution in [-0.2, 0) is 23.7 Å². The molecule has 0 amide bonds. The number of ether oxygens (including phenoxy) is 5. The van der Waals surface area contributed by atoms with Gasteiger partial charge in [-0.25, -0.2) is 18.9 Å². The maximum absolute atomic E-state index is 12.6. The Morgan fingerprint density at radius 2 is 0.571 bits per heavy atom. The highest BCUT2D eigenvalue weighted by Gasteiger charge is 2.67. The summed E-state index contributed by atoms with van der Waals surface area (Å²) in [6.45, 7) is 0. The topological polar surface area (TPSA) is 46.2 Å². The van der Waals surface area contributed by atoms with E-state index in [9.17, 15) is 70.2 Å². The Morgan fingerprint density at radius 1 is 0.321 bits per heavy atom. The molecule has 0 aromatic carbocycles. The van der Waals surface area contributed by atoms with Gasteiger partial charge in [-0.05, 0) is 0 Å². The van der Waals surface area contributed by atoms with Gasteiger partial charge in [0, 0.05) is 0 Å². The third kappa shape index (κ3) is 9.75. The minimum absolute atomic E-state index is 1.53. The van der Waals surface area contributed by atoms with Crippen molar-refractivity contribution in [2.75, 3.05) is 0 Å². The van der Waals surface area contributed by atoms with E-state index in [1.807, 2.05) is 0 Å². The lowest BCUT2D eigenvalue weighted by Gasteiger charge is -2.29. The Labute approximate surface area is 139 Å². The minimum atomic E-state index is -6.96. The van der Waals surface area contributed by atoms with Crippen molar-refractivity contribution in [3.8, 4) is 0 Å². The third-order valence-electron chi connectivity index (χ3n) is 1.52. The van der Waals surface area contributed by atoms with Crippen LogP contribution in [0.4, 0.5) is 70.2 Å². The van der Waals surface area contributed by atoms with Crippen LogP contribution in [0.25, 0.3) is 0 Å². The van der Waals surface area contributed by atoms with Crippen molar-refractivity contribution in [2.24, 2.45) is 0 Å². The molecule has 170 valence electrons. The van der Waals surface area contributed by atoms with Gasteiger partial charge in [-0.2, -0.15) is 26.7 Å². The summed E-state index contributed by atoms with van der Waals surface area (Å²) in [6, 6.07) is 0. The van der Waals surface area contributed by atoms with Gasteiger partial charge in [-0.3, -0.25) is 0 Å². The van der Waals surface area contributed by atoms with Crippen LogP contribution in [0.2, 0.25) is 0 Å². The number of hydrogen-bond acceptors (Lipinski definition) is 5. The molecule has 0 radical (unpaired) electrons. The van der Waals surface area contributed by atoms with E-state index in [-0.39, 0.29) is 0 Å². The zero-order chi connectivity index (χ0) is 23.0. The van der Waals surface area contributed by atoms with Crippen LogP contribution in [0.5, 0.6) is 0 Å². The molecule has 0 aliphatic rings. The molecule has 0 saturated heterocycles. The highest BCUT2D eigenvalue weighted by molar-refractivity contribution is 4.65. The molecule has 0 heterocycles. The monoisotopic (exact) mass is 468 g/mol. The Hall–Kier alpha value is -1.32. The maximum Gasteiger partial charge on any atom is 0.529 e. The summed E-state index contributed by atoms with van der Waals surface area (Å²) in [5.74, 6) is 0. The molecule has 0 rings (SSSR count). The standard InChI is InChI=1S/C7F16O5/c8-1(9,10)2(11,12)24-4(16,17)26-6(20,21)28-7(22,23)27-5(18,19)25-3(13,14)15. The van der Waals surface area contributed by atoms with Crippen LogP contribution < -0.4 is 0 Å². The maximum atomic E-state index is 12.6. The highest BCUT2D eigenvalue weighted by Crippen LogP contribution is 2.43. The number of halogens is 16. The zero-order valence-corrected chi connectivity index (χ0v) is 11.6. The Morgan fingerprint density at radius 3 is 0.821 bits per heavy atom. The molecule has 0 aliphatic carbocycles. The van der Waals surface area contributed by atoms with Gasteiger partial charge >= 0.3 is 43.8 Å². The van der Waals surface area contributed by atoms with Gasteiger partial charge in [0.1, 0.15) is 0 Å². The van der Waals surface area contributed by atoms with Crippen molar-refractivity contribution in [2.45, 2.75) is 43.8 Å². The van der Waals surface area contributed by atoms with Gasteiger partial charge in [0.25, 0.3) is 0 Å². The van der Waals surface area contributed by atoms with Gasteiger partial charge in [-0.15, -0.1) is 48.3 Å². The number of alkyl halides is 16. The zero-order valence-electron chi connectivity index (χ0n) is 11.6. The van der Waals surface area contributed by atoms with Crippen LogP contribution in [0, 0.1) is 0 Å². The summed E-state index contributed by atoms with van der Waals surface area (Å²) in [6.07, 6.45) is -47.0. The van der Waals surface area contributed by atoms with E-state index in [1.165, 1.54) is 4.74 Å². The molecule has 5 nitrogen and oxygen atoms in total. The fraction of sp³-hybridized carbons (Fsp3) is 1.00. The Kier molecular flexibility index (Phi) is 7.14. The van der Waals surface area contributed by atoms with Crippen molar-refractivity contribution in [3.05, 3.63) is 0 Å². The summed E-state index contributed by atoms with van der Waals surface area (Å²) in [4.78, 5) is 0. The van der Waals surface area contributed by atoms with Crippen molar-refractivity contribution in [1.82, 2.24) is 0 Å². The largest absolute Gasteiger partial charge is 0.529 e. The number of hydrogen-bond donors (Lipinski definition) is 0. The van der Waals surface area contributed by atoms with Gasteiger partial charge in [-0.1, -0.05) is 0 Å². The van der Waals surface area contributed by atoms with Gasteiger partial charge < -0.3 is 0 Å². The van der Waals surface area contributed by atoms with E-state index >= 15 is 0 Å². The first kappa shape index (κ1) is 26.7. The molecule has 0 aliphatic heterocycles. The first-order chi connectivity index (χ1) is 11.8. The first-order valence-electron chi connectivity index (χ1n) is 5.31. The molecule has 28 heavy (non-hydrogen) atoms. The average Bonchev–Trinajstić information content (AvgIpc) is 2.13. The molecular weight excluding hydrogens is 468 g/mol. The van der Waals surface area contributed by atoms with Crippen LogP contribution in [0.1, 0.15) is 0 Å². The van der Waals surface area contributed by atoms with Gasteiger partial charge in [0.2, 0.25) is 0 Å². The van der Waals surface area contributed by atoms with E-state index in [0.29, 0.717) is 0 Å². The second-order valence-electron chi connectivity index (χ2n) is 3.82. The smallest absolute Gasteiger partial charge is 0.222 e. The molecule has 0 aromatic rings. The van der Waals surface area contributed by atoms with E-state index in [2.05, 4.69) is 0 Å². The minimum Gasteiger partial charge on any atom is -0.222 e. The first-order valence-corrected chi connectivity index (χ1v) is 5.31. The quantitative estimate of drug-likeness (QED) is 0.355. The molecular formula is C7F16O5. The van der Waals surface area contributed by atoms with Crippen LogP contribution in [0.15, 0.2) is 0 Å². The molecule has 0 saturated carbocycles. The van der Waals surface area contributed by atoms with Gasteiger partial charge in [0.05, 0.1) is 0 Å². The van der Waals surface area contributed by atoms with Gasteiger partial charge in [0.15, 0.2) is 0 Å². The lowest BCUT2D eigenvalue weighted by molar-refractivity contribution is -0.629. The third-order valence-corrected chi connectivity index (χ3v) is 1.52. The molecule has 21 heteroatoms. The average molecular weight is 468 g/mol. The molecule has 0 fully saturated rings. The lowest BCUT2D eigenvalue weighted by Crippen LogP contribution is -2.50. The summed E-state index contributed by atoms with van der Waals surface area (Å²) in [5.41, 5.74) is 0. The molecule has 0 atom stereocenters. The second-order valence-corrected chi connectivity index (χ2v) is 3.82. The normalized spacial score (nSPS) is 15.9. The second kappa shape index (κ2) is 7.50. The van der Waals surface area contributed by atoms with Crippen molar-refractivity contribution in [1.29, 1.82) is 0 Å². The fourth-order valence-corrected chi connectivity index (χ4v) is 0.840. The summed E-state index contributed by atoms with van der Waals surface area (Å²) in [5, 5.41) is 0. The molecule has 0 spiro atoms. The van der Waals surface area contributed by atoms with E-state index < -0.39 is 43.8 Å². The number of rotatable bonds is 9. The molecule has 0 unspecified atom stereocenters. The predicted octanol–water partition coefficient (Wildman–Crippen LogP) is 4.95. The predicted molar refractivity (Wildman–Crippen MR) is 42.3 cm³/mol. The summed E-state index contributed by atoms with van der Waals surface area (Å²) >= 11 is 0. The van der Waals surface area contributed by atoms with E-state index in [0.717, 1.165) is 0 Å². The SMILES string of the molecule is FC(F)(F)OC(F)(F)OC(F)(F)OC(F)(F)OC(F)(F)OC(F)(F)C(F)(F)F. The Balaban J connectivity index is 5.20. The van der Waals surface area contributed by atoms with E-state index in [4.69, 9.17) is 0 Å². The van der Waals surface area contributed by atoms with Crippen molar-refractivity contribution >= 4 is 0 Å². The van der Waals surface area contributed by atoms with Crippen molar-refractivity contribution < 1.29 is 93.9 Å². The summed E-state index contributed by atoms with van der Waals surface area (Å²) in [7, 11) is 0. The Bertz CT molecular complexity index is 522. The molecule has 0 N–H and O–H groups in total. The van der Waals surface area contributed by atoms with Crippen LogP contribution in [0.3, 0.4) is 0 Å². The van der Waals surface area contributed by atoms with Crippen molar-refractivity contribution in [3.63, 3.8) is 0 Å². The molecule has 0 aromatic heterocycles. The molecule has 0 bridgehead atoms. The highest BCUT2D eigenvalue weighted by atomic mass is 19.4. The van der Waals surface area contributed by atoms with E-state index in [1.54, 1.807) is 18.9 Å². The van der Waals surface area contributed by atoms with Crippen LogP contribution in [-0.4, -0.2) is 43.8 Å². The lowest BCUT2D eigenvalue weighted by atomic mass is 10.6. The fourth-order valence-electron chi connectivity index (χ4n) is 0.840. The summed E-state index contributed by atoms with van der Waals surface area (Å²) < 4.78 is 201.